The van der Waals surface area contributed by atoms with Gasteiger partial charge >= 0.3 is 6.09 Å². The van der Waals surface area contributed by atoms with Crippen molar-refractivity contribution in [2.75, 3.05) is 32.6 Å². The van der Waals surface area contributed by atoms with Gasteiger partial charge in [-0.05, 0) is 72.9 Å². The molecule has 0 aliphatic carbocycles. The van der Waals surface area contributed by atoms with Crippen LogP contribution in [0.5, 0.6) is 0 Å². The van der Waals surface area contributed by atoms with Crippen LogP contribution in [0.1, 0.15) is 25.8 Å². The topological polar surface area (TPSA) is 175 Å². The molecule has 3 aromatic carbocycles. The first kappa shape index (κ1) is 38.5. The maximum atomic E-state index is 13.8. The third-order valence-corrected chi connectivity index (χ3v) is 12.1. The zero-order chi connectivity index (χ0) is 37.8. The van der Waals surface area contributed by atoms with Crippen molar-refractivity contribution in [3.05, 3.63) is 97.0 Å². The minimum Gasteiger partial charge on any atom is -0.464 e. The first-order valence-corrected chi connectivity index (χ1v) is 20.7. The van der Waals surface area contributed by atoms with Crippen molar-refractivity contribution in [1.29, 1.82) is 0 Å². The van der Waals surface area contributed by atoms with Crippen molar-refractivity contribution < 1.29 is 49.8 Å². The summed E-state index contributed by atoms with van der Waals surface area (Å²) in [5, 5.41) is 15.7. The van der Waals surface area contributed by atoms with Gasteiger partial charge in [0.15, 0.2) is 16.1 Å². The number of benzene rings is 3. The Hall–Kier alpha value is -4.25. The summed E-state index contributed by atoms with van der Waals surface area (Å²) in [7, 11) is -7.08. The van der Waals surface area contributed by atoms with Crippen LogP contribution >= 0.6 is 0 Å². The number of fused-ring (bicyclic) bond motifs is 3. The number of nitrogens with one attached hydrogen (secondary N) is 1. The molecule has 2 aliphatic rings. The predicted octanol–water partition coefficient (Wildman–Crippen LogP) is 5.38. The van der Waals surface area contributed by atoms with E-state index in [0.717, 1.165) is 17.4 Å². The normalized spacial score (nSPS) is 19.9. The molecule has 0 unspecified atom stereocenters. The molecule has 4 heterocycles. The monoisotopic (exact) mass is 768 g/mol. The number of alkyl carbamates (subject to hydrolysis) is 1. The van der Waals surface area contributed by atoms with Gasteiger partial charge in [-0.1, -0.05) is 44.2 Å². The van der Waals surface area contributed by atoms with Crippen LogP contribution in [0, 0.1) is 11.8 Å². The van der Waals surface area contributed by atoms with Crippen LogP contribution in [-0.2, 0) is 40.5 Å². The van der Waals surface area contributed by atoms with Gasteiger partial charge in [-0.3, -0.25) is 0 Å². The Morgan fingerprint density at radius 3 is 2.17 bits per heavy atom. The molecule has 53 heavy (non-hydrogen) atoms. The van der Waals surface area contributed by atoms with Crippen LogP contribution in [0.2, 0.25) is 0 Å². The molecule has 0 radical (unpaired) electrons. The van der Waals surface area contributed by atoms with E-state index in [0.29, 0.717) is 28.1 Å². The van der Waals surface area contributed by atoms with Crippen LogP contribution in [0.15, 0.2) is 110 Å². The lowest BCUT2D eigenvalue weighted by Crippen LogP contribution is -2.51. The van der Waals surface area contributed by atoms with Crippen LogP contribution in [0.3, 0.4) is 0 Å². The summed E-state index contributed by atoms with van der Waals surface area (Å²) in [6, 6.07) is 21.5. The molecule has 5 atom stereocenters. The summed E-state index contributed by atoms with van der Waals surface area (Å²) in [5.41, 5.74) is 2.17. The number of carbonyl (C=O) groups excluding carboxylic acids is 1. The van der Waals surface area contributed by atoms with Gasteiger partial charge in [0.2, 0.25) is 10.0 Å². The highest BCUT2D eigenvalue weighted by atomic mass is 32.2. The lowest BCUT2D eigenvalue weighted by Gasteiger charge is -2.31. The molecule has 2 aromatic heterocycles. The van der Waals surface area contributed by atoms with Gasteiger partial charge in [-0.25, -0.2) is 21.6 Å². The van der Waals surface area contributed by atoms with Crippen LogP contribution in [0.4, 0.5) is 4.79 Å². The lowest BCUT2D eigenvalue weighted by molar-refractivity contribution is -0.0907. The average Bonchev–Trinajstić information content (AvgIpc) is 3.94. The molecule has 0 spiro atoms. The number of hydrogen-bond acceptors (Lipinski definition) is 11. The SMILES string of the molecule is CC(C)CN(C[C@@H](O)[C@H](Cc1ccccc1)NC(=O)O[C@@H]1CO[C@@H]2OCC[C@@H]21)S(=O)(=O)c1ccc2occc2c1.CS(=O)(=O)c1ccc2occc2c1. The summed E-state index contributed by atoms with van der Waals surface area (Å²) in [6.07, 6.45) is 2.54. The molecule has 15 heteroatoms. The molecule has 1 amide bonds. The van der Waals surface area contributed by atoms with Gasteiger partial charge in [0, 0.05) is 30.1 Å². The van der Waals surface area contributed by atoms with Gasteiger partial charge in [0.05, 0.1) is 53.6 Å². The Labute approximate surface area is 308 Å². The maximum absolute atomic E-state index is 13.8. The third kappa shape index (κ3) is 9.47. The minimum atomic E-state index is -3.97. The highest BCUT2D eigenvalue weighted by Crippen LogP contribution is 2.33. The van der Waals surface area contributed by atoms with Crippen LogP contribution in [0.25, 0.3) is 21.9 Å². The van der Waals surface area contributed by atoms with Crippen molar-refractivity contribution in [1.82, 2.24) is 9.62 Å². The van der Waals surface area contributed by atoms with Gasteiger partial charge < -0.3 is 33.5 Å². The second-order valence-corrected chi connectivity index (χ2v) is 17.7. The quantitative estimate of drug-likeness (QED) is 0.167. The fourth-order valence-electron chi connectivity index (χ4n) is 6.47. The molecule has 2 fully saturated rings. The van der Waals surface area contributed by atoms with E-state index in [2.05, 4.69) is 5.32 Å². The lowest BCUT2D eigenvalue weighted by atomic mass is 10.0. The summed E-state index contributed by atoms with van der Waals surface area (Å²) in [5.74, 6) is -0.0310. The highest BCUT2D eigenvalue weighted by molar-refractivity contribution is 7.90. The Bertz CT molecular complexity index is 2220. The number of sulfone groups is 1. The molecule has 0 saturated carbocycles. The molecular weight excluding hydrogens is 725 g/mol. The Morgan fingerprint density at radius 2 is 1.53 bits per heavy atom. The highest BCUT2D eigenvalue weighted by Gasteiger charge is 2.44. The predicted molar refractivity (Wildman–Crippen MR) is 196 cm³/mol. The van der Waals surface area contributed by atoms with Crippen molar-refractivity contribution in [2.45, 2.75) is 61.0 Å². The van der Waals surface area contributed by atoms with E-state index in [4.69, 9.17) is 23.0 Å². The van der Waals surface area contributed by atoms with Crippen LogP contribution < -0.4 is 5.32 Å². The molecular formula is C38H44N2O11S2. The average molecular weight is 769 g/mol. The van der Waals surface area contributed by atoms with Gasteiger partial charge in [0.25, 0.3) is 0 Å². The first-order valence-electron chi connectivity index (χ1n) is 17.3. The second-order valence-electron chi connectivity index (χ2n) is 13.7. The zero-order valence-electron chi connectivity index (χ0n) is 29.7. The van der Waals surface area contributed by atoms with Gasteiger partial charge in [0.1, 0.15) is 17.3 Å². The van der Waals surface area contributed by atoms with Crippen molar-refractivity contribution >= 4 is 47.9 Å². The summed E-state index contributed by atoms with van der Waals surface area (Å²) in [6.45, 7) is 4.60. The van der Waals surface area contributed by atoms with E-state index >= 15 is 0 Å². The number of nitrogens with zero attached hydrogens (tertiary/aromatic N) is 1. The van der Waals surface area contributed by atoms with Gasteiger partial charge in [-0.15, -0.1) is 0 Å². The molecule has 13 nitrogen and oxygen atoms in total. The van der Waals surface area contributed by atoms with E-state index in [1.54, 1.807) is 42.5 Å². The fraction of sp³-hybridized carbons (Fsp3) is 0.395. The molecule has 7 rings (SSSR count). The van der Waals surface area contributed by atoms with Crippen molar-refractivity contribution in [2.24, 2.45) is 11.8 Å². The molecule has 284 valence electrons. The van der Waals surface area contributed by atoms with E-state index in [1.807, 2.05) is 44.2 Å². The minimum absolute atomic E-state index is 0.00549. The summed E-state index contributed by atoms with van der Waals surface area (Å²) < 4.78 is 78.3. The number of sulfonamides is 1. The zero-order valence-corrected chi connectivity index (χ0v) is 31.3. The number of hydrogen-bond donors (Lipinski definition) is 2. The Balaban J connectivity index is 0.000000309. The number of furan rings is 2. The molecule has 2 N–H and O–H groups in total. The first-order chi connectivity index (χ1) is 25.3. The molecule has 2 aliphatic heterocycles. The number of carbonyl (C=O) groups is 1. The largest absolute Gasteiger partial charge is 0.464 e. The Kier molecular flexibility index (Phi) is 11.9. The van der Waals surface area contributed by atoms with Crippen molar-refractivity contribution in [3.8, 4) is 0 Å². The maximum Gasteiger partial charge on any atom is 0.407 e. The summed E-state index contributed by atoms with van der Waals surface area (Å²) in [4.78, 5) is 13.4. The smallest absolute Gasteiger partial charge is 0.407 e. The third-order valence-electron chi connectivity index (χ3n) is 9.18. The number of aliphatic hydroxyl groups is 1. The summed E-state index contributed by atoms with van der Waals surface area (Å²) >= 11 is 0. The van der Waals surface area contributed by atoms with E-state index in [-0.39, 0.29) is 49.1 Å². The van der Waals surface area contributed by atoms with E-state index < -0.39 is 44.2 Å². The molecule has 5 aromatic rings. The van der Waals surface area contributed by atoms with Crippen LogP contribution in [-0.4, -0.2) is 89.4 Å². The standard InChI is InChI=1S/C29H36N2O8S.C9H8O3S/c1-19(2)16-31(40(34,35)22-8-9-26-21(15-22)10-12-36-26)17-25(32)24(14-20-6-4-3-5-7-20)30-29(33)39-27-18-38-28-23(27)11-13-37-28;1-13(10,11)8-2-3-9-7(6-8)4-5-12-9/h3-10,12,15,19,23-25,27-28,32H,11,13-14,16-18H2,1-2H3,(H,30,33);2-6H,1H3/t23-,24+,25-,27-,28+;/m1./s1. The number of aliphatic hydroxyl groups excluding tert-OH is 1. The van der Waals surface area contributed by atoms with E-state index in [9.17, 15) is 26.7 Å². The number of rotatable bonds is 12. The van der Waals surface area contributed by atoms with Crippen molar-refractivity contribution in [3.63, 3.8) is 0 Å². The Morgan fingerprint density at radius 1 is 0.887 bits per heavy atom. The second kappa shape index (κ2) is 16.4. The molecule has 2 saturated heterocycles. The fourth-order valence-corrected chi connectivity index (χ4v) is 8.78. The number of ether oxygens (including phenoxy) is 3. The van der Waals surface area contributed by atoms with E-state index in [1.165, 1.54) is 29.2 Å². The van der Waals surface area contributed by atoms with Gasteiger partial charge in [-0.2, -0.15) is 4.31 Å². The number of amides is 1. The molecule has 0 bridgehead atoms.